The highest BCUT2D eigenvalue weighted by atomic mass is 32.1. The van der Waals surface area contributed by atoms with E-state index >= 15 is 0 Å². The Labute approximate surface area is 118 Å². The van der Waals surface area contributed by atoms with Crippen molar-refractivity contribution >= 4 is 18.5 Å². The number of carbonyl (C=O) groups is 1. The van der Waals surface area contributed by atoms with E-state index in [0.717, 1.165) is 25.3 Å². The summed E-state index contributed by atoms with van der Waals surface area (Å²) in [5.74, 6) is 1.69. The number of carbonyl (C=O) groups excluding carboxylic acids is 1. The third-order valence-corrected chi connectivity index (χ3v) is 4.35. The second-order valence-corrected chi connectivity index (χ2v) is 5.93. The van der Waals surface area contributed by atoms with Gasteiger partial charge in [0.05, 0.1) is 0 Å². The molecule has 0 radical (unpaired) electrons. The highest BCUT2D eigenvalue weighted by Crippen LogP contribution is 2.19. The number of rotatable bonds is 10. The molecule has 0 aliphatic carbocycles. The standard InChI is InChI=1S/C15H29NOS/c1-2-3-4-5-6-7-8-9-10-16-12-14(13-18)11-15(16)17/h14,18H,2-13H2,1H3. The molecule has 0 spiro atoms. The Morgan fingerprint density at radius 3 is 2.28 bits per heavy atom. The smallest absolute Gasteiger partial charge is 0.222 e. The molecule has 0 aromatic heterocycles. The van der Waals surface area contributed by atoms with Crippen LogP contribution in [0.2, 0.25) is 0 Å². The number of likely N-dealkylation sites (tertiary alicyclic amines) is 1. The highest BCUT2D eigenvalue weighted by molar-refractivity contribution is 7.80. The Bertz CT molecular complexity index is 233. The van der Waals surface area contributed by atoms with E-state index < -0.39 is 0 Å². The van der Waals surface area contributed by atoms with Crippen molar-refractivity contribution in [3.05, 3.63) is 0 Å². The molecule has 0 aromatic carbocycles. The molecular weight excluding hydrogens is 242 g/mol. The summed E-state index contributed by atoms with van der Waals surface area (Å²) in [7, 11) is 0. The van der Waals surface area contributed by atoms with E-state index in [9.17, 15) is 4.79 Å². The Morgan fingerprint density at radius 1 is 1.11 bits per heavy atom. The minimum absolute atomic E-state index is 0.344. The Kier molecular flexibility index (Phi) is 8.57. The van der Waals surface area contributed by atoms with Crippen molar-refractivity contribution in [1.29, 1.82) is 0 Å². The Balaban J connectivity index is 1.93. The summed E-state index contributed by atoms with van der Waals surface area (Å²) in [6.07, 6.45) is 11.4. The van der Waals surface area contributed by atoms with Crippen LogP contribution in [0.3, 0.4) is 0 Å². The zero-order chi connectivity index (χ0) is 13.2. The second-order valence-electron chi connectivity index (χ2n) is 5.57. The van der Waals surface area contributed by atoms with Gasteiger partial charge in [0.25, 0.3) is 0 Å². The zero-order valence-corrected chi connectivity index (χ0v) is 12.8. The van der Waals surface area contributed by atoms with Gasteiger partial charge in [-0.25, -0.2) is 0 Å². The summed E-state index contributed by atoms with van der Waals surface area (Å²) in [4.78, 5) is 13.7. The molecule has 0 N–H and O–H groups in total. The first kappa shape index (κ1) is 15.9. The van der Waals surface area contributed by atoms with Crippen molar-refractivity contribution in [3.8, 4) is 0 Å². The topological polar surface area (TPSA) is 20.3 Å². The van der Waals surface area contributed by atoms with E-state index in [4.69, 9.17) is 0 Å². The van der Waals surface area contributed by atoms with Crippen LogP contribution in [0.15, 0.2) is 0 Å². The summed E-state index contributed by atoms with van der Waals surface area (Å²) in [5, 5.41) is 0. The van der Waals surface area contributed by atoms with Crippen LogP contribution in [0.5, 0.6) is 0 Å². The van der Waals surface area contributed by atoms with Gasteiger partial charge >= 0.3 is 0 Å². The van der Waals surface area contributed by atoms with Crippen LogP contribution in [0, 0.1) is 5.92 Å². The Hall–Kier alpha value is -0.180. The van der Waals surface area contributed by atoms with Gasteiger partial charge < -0.3 is 4.90 Å². The lowest BCUT2D eigenvalue weighted by molar-refractivity contribution is -0.127. The van der Waals surface area contributed by atoms with Crippen molar-refractivity contribution in [1.82, 2.24) is 4.90 Å². The molecule has 2 nitrogen and oxygen atoms in total. The van der Waals surface area contributed by atoms with Crippen LogP contribution in [0.25, 0.3) is 0 Å². The lowest BCUT2D eigenvalue weighted by atomic mass is 10.1. The molecule has 0 bridgehead atoms. The maximum atomic E-state index is 11.7. The maximum Gasteiger partial charge on any atom is 0.222 e. The monoisotopic (exact) mass is 271 g/mol. The van der Waals surface area contributed by atoms with Crippen molar-refractivity contribution in [2.24, 2.45) is 5.92 Å². The van der Waals surface area contributed by atoms with E-state index in [1.165, 1.54) is 51.4 Å². The molecule has 18 heavy (non-hydrogen) atoms. The van der Waals surface area contributed by atoms with E-state index in [-0.39, 0.29) is 0 Å². The quantitative estimate of drug-likeness (QED) is 0.472. The zero-order valence-electron chi connectivity index (χ0n) is 11.9. The van der Waals surface area contributed by atoms with Crippen LogP contribution < -0.4 is 0 Å². The first-order chi connectivity index (χ1) is 8.77. The van der Waals surface area contributed by atoms with Crippen LogP contribution in [0.4, 0.5) is 0 Å². The van der Waals surface area contributed by atoms with E-state index in [2.05, 4.69) is 19.6 Å². The normalized spacial score (nSPS) is 19.8. The van der Waals surface area contributed by atoms with Gasteiger partial charge in [0.1, 0.15) is 0 Å². The molecule has 1 atom stereocenters. The molecule has 1 heterocycles. The summed E-state index contributed by atoms with van der Waals surface area (Å²) in [5.41, 5.74) is 0. The third-order valence-electron chi connectivity index (χ3n) is 3.83. The molecule has 1 fully saturated rings. The fourth-order valence-corrected chi connectivity index (χ4v) is 2.87. The van der Waals surface area contributed by atoms with Crippen LogP contribution in [-0.2, 0) is 4.79 Å². The molecule has 1 unspecified atom stereocenters. The fraction of sp³-hybridized carbons (Fsp3) is 0.933. The SMILES string of the molecule is CCCCCCCCCCN1CC(CS)CC1=O. The molecular formula is C15H29NOS. The predicted molar refractivity (Wildman–Crippen MR) is 81.2 cm³/mol. The number of nitrogens with zero attached hydrogens (tertiary/aromatic N) is 1. The van der Waals surface area contributed by atoms with Crippen molar-refractivity contribution < 1.29 is 4.79 Å². The van der Waals surface area contributed by atoms with Gasteiger partial charge in [-0.3, -0.25) is 4.79 Å². The Morgan fingerprint density at radius 2 is 1.72 bits per heavy atom. The fourth-order valence-electron chi connectivity index (χ4n) is 2.63. The van der Waals surface area contributed by atoms with Gasteiger partial charge in [-0.2, -0.15) is 12.6 Å². The molecule has 1 amide bonds. The van der Waals surface area contributed by atoms with Gasteiger partial charge in [0.15, 0.2) is 0 Å². The third kappa shape index (κ3) is 6.12. The summed E-state index contributed by atoms with van der Waals surface area (Å²) < 4.78 is 0. The number of thiol groups is 1. The second kappa shape index (κ2) is 9.71. The molecule has 0 saturated carbocycles. The molecule has 1 rings (SSSR count). The molecule has 106 valence electrons. The van der Waals surface area contributed by atoms with Gasteiger partial charge in [-0.05, 0) is 18.1 Å². The average Bonchev–Trinajstić information content (AvgIpc) is 2.73. The first-order valence-electron chi connectivity index (χ1n) is 7.66. The van der Waals surface area contributed by atoms with E-state index in [1.807, 2.05) is 4.90 Å². The van der Waals surface area contributed by atoms with Gasteiger partial charge in [-0.1, -0.05) is 51.9 Å². The summed E-state index contributed by atoms with van der Waals surface area (Å²) in [6, 6.07) is 0. The first-order valence-corrected chi connectivity index (χ1v) is 8.29. The molecule has 1 aliphatic heterocycles. The van der Waals surface area contributed by atoms with Gasteiger partial charge in [0.2, 0.25) is 5.91 Å². The molecule has 0 aromatic rings. The average molecular weight is 271 g/mol. The minimum atomic E-state index is 0.344. The maximum absolute atomic E-state index is 11.7. The lowest BCUT2D eigenvalue weighted by Gasteiger charge is -2.16. The molecule has 1 aliphatic rings. The lowest BCUT2D eigenvalue weighted by Crippen LogP contribution is -2.26. The number of unbranched alkanes of at least 4 members (excludes halogenated alkanes) is 7. The largest absolute Gasteiger partial charge is 0.342 e. The van der Waals surface area contributed by atoms with Crippen LogP contribution in [0.1, 0.15) is 64.7 Å². The summed E-state index contributed by atoms with van der Waals surface area (Å²) >= 11 is 4.28. The van der Waals surface area contributed by atoms with Crippen molar-refractivity contribution in [3.63, 3.8) is 0 Å². The number of hydrogen-bond donors (Lipinski definition) is 1. The predicted octanol–water partition coefficient (Wildman–Crippen LogP) is 3.91. The molecule has 1 saturated heterocycles. The highest BCUT2D eigenvalue weighted by Gasteiger charge is 2.27. The molecule has 3 heteroatoms. The van der Waals surface area contributed by atoms with Gasteiger partial charge in [0, 0.05) is 19.5 Å². The van der Waals surface area contributed by atoms with Crippen molar-refractivity contribution in [2.75, 3.05) is 18.8 Å². The number of amides is 1. The van der Waals surface area contributed by atoms with Gasteiger partial charge in [-0.15, -0.1) is 0 Å². The van der Waals surface area contributed by atoms with E-state index in [0.29, 0.717) is 11.8 Å². The van der Waals surface area contributed by atoms with E-state index in [1.54, 1.807) is 0 Å². The minimum Gasteiger partial charge on any atom is -0.342 e. The summed E-state index contributed by atoms with van der Waals surface area (Å²) in [6.45, 7) is 4.17. The number of hydrogen-bond acceptors (Lipinski definition) is 2. The van der Waals surface area contributed by atoms with Crippen LogP contribution in [-0.4, -0.2) is 29.6 Å². The van der Waals surface area contributed by atoms with Crippen molar-refractivity contribution in [2.45, 2.75) is 64.7 Å². The van der Waals surface area contributed by atoms with Crippen LogP contribution >= 0.6 is 12.6 Å².